The molecule has 0 aromatic heterocycles. The first-order valence-electron chi connectivity index (χ1n) is 12.3. The lowest BCUT2D eigenvalue weighted by Crippen LogP contribution is -2.41. The van der Waals surface area contributed by atoms with Crippen molar-refractivity contribution in [2.45, 2.75) is 31.4 Å². The molecule has 0 spiro atoms. The molecule has 1 amide bonds. The lowest BCUT2D eigenvalue weighted by molar-refractivity contribution is -0.118. The maximum atomic E-state index is 13.6. The van der Waals surface area contributed by atoms with Crippen LogP contribution >= 0.6 is 0 Å². The van der Waals surface area contributed by atoms with E-state index in [1.807, 2.05) is 84.6 Å². The minimum Gasteiger partial charge on any atom is -0.493 e. The zero-order valence-electron chi connectivity index (χ0n) is 21.1. The van der Waals surface area contributed by atoms with Crippen LogP contribution in [0, 0.1) is 0 Å². The number of fused-ring (bicyclic) bond motifs is 1. The SMILES string of the molecule is COc1cc2c(cc1OCC1CCCO1)C(c1ccc(N)cc1)N(c1ccc(N(C)C)cc1)C(=O)C2. The zero-order chi connectivity index (χ0) is 25.2. The van der Waals surface area contributed by atoms with E-state index in [-0.39, 0.29) is 24.5 Å². The van der Waals surface area contributed by atoms with Crippen molar-refractivity contribution in [3.05, 3.63) is 77.4 Å². The number of hydrogen-bond donors (Lipinski definition) is 1. The summed E-state index contributed by atoms with van der Waals surface area (Å²) in [7, 11) is 5.63. The van der Waals surface area contributed by atoms with E-state index in [1.165, 1.54) is 0 Å². The highest BCUT2D eigenvalue weighted by Crippen LogP contribution is 2.43. The predicted molar refractivity (Wildman–Crippen MR) is 142 cm³/mol. The molecule has 2 heterocycles. The predicted octanol–water partition coefficient (Wildman–Crippen LogP) is 4.58. The van der Waals surface area contributed by atoms with E-state index < -0.39 is 0 Å². The zero-order valence-corrected chi connectivity index (χ0v) is 21.1. The first-order valence-corrected chi connectivity index (χ1v) is 12.3. The van der Waals surface area contributed by atoms with Crippen LogP contribution < -0.4 is 25.0 Å². The molecule has 0 aliphatic carbocycles. The van der Waals surface area contributed by atoms with Crippen LogP contribution in [0.2, 0.25) is 0 Å². The Labute approximate surface area is 212 Å². The molecule has 7 heteroatoms. The number of methoxy groups -OCH3 is 1. The molecule has 188 valence electrons. The van der Waals surface area contributed by atoms with Crippen molar-refractivity contribution in [2.75, 3.05) is 50.0 Å². The first kappa shape index (κ1) is 24.0. The summed E-state index contributed by atoms with van der Waals surface area (Å²) in [5.41, 5.74) is 11.5. The Morgan fingerprint density at radius 2 is 1.81 bits per heavy atom. The molecule has 5 rings (SSSR count). The largest absolute Gasteiger partial charge is 0.493 e. The lowest BCUT2D eigenvalue weighted by atomic mass is 9.86. The van der Waals surface area contributed by atoms with Gasteiger partial charge in [-0.3, -0.25) is 4.79 Å². The summed E-state index contributed by atoms with van der Waals surface area (Å²) < 4.78 is 17.6. The van der Waals surface area contributed by atoms with Crippen LogP contribution in [0.5, 0.6) is 11.5 Å². The minimum absolute atomic E-state index is 0.0250. The molecular weight excluding hydrogens is 454 g/mol. The van der Waals surface area contributed by atoms with E-state index in [1.54, 1.807) is 7.11 Å². The van der Waals surface area contributed by atoms with E-state index in [9.17, 15) is 4.79 Å². The number of rotatable bonds is 7. The Hall–Kier alpha value is -3.71. The summed E-state index contributed by atoms with van der Waals surface area (Å²) in [5.74, 6) is 1.31. The van der Waals surface area contributed by atoms with Gasteiger partial charge in [-0.2, -0.15) is 0 Å². The second-order valence-corrected chi connectivity index (χ2v) is 9.57. The summed E-state index contributed by atoms with van der Waals surface area (Å²) in [4.78, 5) is 17.5. The van der Waals surface area contributed by atoms with Crippen molar-refractivity contribution in [3.8, 4) is 11.5 Å². The number of nitrogen functional groups attached to an aromatic ring is 1. The maximum Gasteiger partial charge on any atom is 0.232 e. The maximum absolute atomic E-state index is 13.6. The number of hydrogen-bond acceptors (Lipinski definition) is 6. The monoisotopic (exact) mass is 487 g/mol. The van der Waals surface area contributed by atoms with E-state index in [0.717, 1.165) is 47.5 Å². The normalized spacial score (nSPS) is 19.2. The van der Waals surface area contributed by atoms with Crippen molar-refractivity contribution < 1.29 is 19.0 Å². The van der Waals surface area contributed by atoms with Crippen LogP contribution in [-0.2, 0) is 16.0 Å². The fourth-order valence-electron chi connectivity index (χ4n) is 5.00. The van der Waals surface area contributed by atoms with Gasteiger partial charge in [-0.25, -0.2) is 0 Å². The second-order valence-electron chi connectivity index (χ2n) is 9.57. The lowest BCUT2D eigenvalue weighted by Gasteiger charge is -2.38. The van der Waals surface area contributed by atoms with Gasteiger partial charge in [0, 0.05) is 37.8 Å². The van der Waals surface area contributed by atoms with Crippen LogP contribution in [-0.4, -0.2) is 46.4 Å². The molecule has 3 aromatic carbocycles. The highest BCUT2D eigenvalue weighted by Gasteiger charge is 2.36. The van der Waals surface area contributed by atoms with Crippen molar-refractivity contribution >= 4 is 23.0 Å². The highest BCUT2D eigenvalue weighted by atomic mass is 16.5. The fourth-order valence-corrected chi connectivity index (χ4v) is 5.00. The number of ether oxygens (including phenoxy) is 3. The average molecular weight is 488 g/mol. The molecule has 1 fully saturated rings. The molecule has 2 unspecified atom stereocenters. The van der Waals surface area contributed by atoms with E-state index in [0.29, 0.717) is 23.8 Å². The molecule has 7 nitrogen and oxygen atoms in total. The third-order valence-electron chi connectivity index (χ3n) is 6.93. The standard InChI is InChI=1S/C29H33N3O4/c1-31(2)22-10-12-23(13-11-22)32-28(33)16-20-15-26(34-3)27(36-18-24-5-4-14-35-24)17-25(20)29(32)19-6-8-21(30)9-7-19/h6-13,15,17,24,29H,4-5,14,16,18,30H2,1-3H3. The molecule has 3 aromatic rings. The Morgan fingerprint density at radius 3 is 2.44 bits per heavy atom. The van der Waals surface area contributed by atoms with Gasteiger partial charge in [0.15, 0.2) is 11.5 Å². The van der Waals surface area contributed by atoms with Gasteiger partial charge in [0.25, 0.3) is 0 Å². The quantitative estimate of drug-likeness (QED) is 0.492. The summed E-state index contributed by atoms with van der Waals surface area (Å²) >= 11 is 0. The number of carbonyl (C=O) groups is 1. The minimum atomic E-state index is -0.331. The molecule has 2 N–H and O–H groups in total. The van der Waals surface area contributed by atoms with E-state index >= 15 is 0 Å². The third kappa shape index (κ3) is 4.71. The molecule has 2 aliphatic heterocycles. The molecular formula is C29H33N3O4. The molecule has 1 saturated heterocycles. The van der Waals surface area contributed by atoms with Crippen LogP contribution in [0.25, 0.3) is 0 Å². The van der Waals surface area contributed by atoms with E-state index in [4.69, 9.17) is 19.9 Å². The Morgan fingerprint density at radius 1 is 1.06 bits per heavy atom. The molecule has 2 aliphatic rings. The number of nitrogens with two attached hydrogens (primary N) is 1. The van der Waals surface area contributed by atoms with Gasteiger partial charge in [0.1, 0.15) is 6.61 Å². The molecule has 2 atom stereocenters. The fraction of sp³-hybridized carbons (Fsp3) is 0.345. The van der Waals surface area contributed by atoms with Gasteiger partial charge in [-0.05, 0) is 78.1 Å². The van der Waals surface area contributed by atoms with Gasteiger partial charge >= 0.3 is 0 Å². The van der Waals surface area contributed by atoms with Gasteiger partial charge in [0.05, 0.1) is 25.7 Å². The summed E-state index contributed by atoms with van der Waals surface area (Å²) in [6, 6.07) is 19.4. The van der Waals surface area contributed by atoms with Crippen molar-refractivity contribution in [1.29, 1.82) is 0 Å². The summed E-state index contributed by atoms with van der Waals surface area (Å²) in [6.07, 6.45) is 2.41. The number of amides is 1. The number of anilines is 3. The van der Waals surface area contributed by atoms with Crippen molar-refractivity contribution in [1.82, 2.24) is 0 Å². The smallest absolute Gasteiger partial charge is 0.232 e. The summed E-state index contributed by atoms with van der Waals surface area (Å²) in [6.45, 7) is 1.24. The first-order chi connectivity index (χ1) is 17.4. The van der Waals surface area contributed by atoms with Gasteiger partial charge in [-0.15, -0.1) is 0 Å². The molecule has 0 saturated carbocycles. The van der Waals surface area contributed by atoms with E-state index in [2.05, 4.69) is 0 Å². The number of benzene rings is 3. The number of carbonyl (C=O) groups excluding carboxylic acids is 1. The van der Waals surface area contributed by atoms with Gasteiger partial charge in [0.2, 0.25) is 5.91 Å². The third-order valence-corrected chi connectivity index (χ3v) is 6.93. The Kier molecular flexibility index (Phi) is 6.74. The Balaban J connectivity index is 1.59. The highest BCUT2D eigenvalue weighted by molar-refractivity contribution is 5.98. The molecule has 36 heavy (non-hydrogen) atoms. The van der Waals surface area contributed by atoms with Crippen LogP contribution in [0.3, 0.4) is 0 Å². The van der Waals surface area contributed by atoms with Crippen molar-refractivity contribution in [3.63, 3.8) is 0 Å². The second kappa shape index (κ2) is 10.1. The van der Waals surface area contributed by atoms with Crippen molar-refractivity contribution in [2.24, 2.45) is 0 Å². The van der Waals surface area contributed by atoms with Gasteiger partial charge in [-0.1, -0.05) is 12.1 Å². The van der Waals surface area contributed by atoms with Crippen LogP contribution in [0.15, 0.2) is 60.7 Å². The molecule has 0 bridgehead atoms. The van der Waals surface area contributed by atoms with Crippen LogP contribution in [0.4, 0.5) is 17.1 Å². The van der Waals surface area contributed by atoms with Crippen LogP contribution in [0.1, 0.15) is 35.6 Å². The van der Waals surface area contributed by atoms with Gasteiger partial charge < -0.3 is 29.7 Å². The Bertz CT molecular complexity index is 1220. The number of nitrogens with zero attached hydrogens (tertiary/aromatic N) is 2. The molecule has 0 radical (unpaired) electrons. The topological polar surface area (TPSA) is 77.3 Å². The average Bonchev–Trinajstić information content (AvgIpc) is 3.41. The summed E-state index contributed by atoms with van der Waals surface area (Å²) in [5, 5.41) is 0.